The molecule has 1 aromatic rings. The van der Waals surface area contributed by atoms with Crippen LogP contribution in [0.15, 0.2) is 29.2 Å². The Hall–Kier alpha value is -1.07. The number of rotatable bonds is 5. The number of methoxy groups -OCH3 is 1. The molecule has 110 valence electrons. The highest BCUT2D eigenvalue weighted by molar-refractivity contribution is 7.99. The van der Waals surface area contributed by atoms with E-state index in [2.05, 4.69) is 11.8 Å². The van der Waals surface area contributed by atoms with E-state index < -0.39 is 0 Å². The van der Waals surface area contributed by atoms with Gasteiger partial charge in [-0.05, 0) is 18.1 Å². The molecule has 0 aromatic heterocycles. The van der Waals surface area contributed by atoms with Crippen molar-refractivity contribution in [2.24, 2.45) is 11.8 Å². The van der Waals surface area contributed by atoms with E-state index in [-0.39, 0.29) is 17.7 Å². The summed E-state index contributed by atoms with van der Waals surface area (Å²) in [5.41, 5.74) is 0. The maximum atomic E-state index is 13.5. The SMILES string of the molecule is COC(=O)C1CN(CCSc2ccccc2F)CC1C. The van der Waals surface area contributed by atoms with Gasteiger partial charge in [0.1, 0.15) is 5.82 Å². The number of ether oxygens (including phenoxy) is 1. The summed E-state index contributed by atoms with van der Waals surface area (Å²) >= 11 is 1.52. The molecule has 3 nitrogen and oxygen atoms in total. The molecule has 0 amide bonds. The molecule has 1 aliphatic rings. The Kier molecular flexibility index (Phi) is 5.43. The lowest BCUT2D eigenvalue weighted by Crippen LogP contribution is -2.26. The molecular formula is C15H20FNO2S. The summed E-state index contributed by atoms with van der Waals surface area (Å²) in [6.45, 7) is 4.58. The molecule has 1 saturated heterocycles. The Balaban J connectivity index is 1.78. The fourth-order valence-corrected chi connectivity index (χ4v) is 3.50. The highest BCUT2D eigenvalue weighted by Gasteiger charge is 2.35. The number of esters is 1. The first-order chi connectivity index (χ1) is 9.61. The van der Waals surface area contributed by atoms with Gasteiger partial charge in [-0.3, -0.25) is 4.79 Å². The number of thioether (sulfide) groups is 1. The summed E-state index contributed by atoms with van der Waals surface area (Å²) in [6.07, 6.45) is 0. The third-order valence-electron chi connectivity index (χ3n) is 3.69. The van der Waals surface area contributed by atoms with E-state index >= 15 is 0 Å². The van der Waals surface area contributed by atoms with Gasteiger partial charge >= 0.3 is 5.97 Å². The van der Waals surface area contributed by atoms with Crippen LogP contribution in [-0.2, 0) is 9.53 Å². The third-order valence-corrected chi connectivity index (χ3v) is 4.72. The predicted octanol–water partition coefficient (Wildman–Crippen LogP) is 2.66. The minimum absolute atomic E-state index is 0.0292. The van der Waals surface area contributed by atoms with Crippen molar-refractivity contribution in [2.75, 3.05) is 32.5 Å². The molecule has 1 aromatic carbocycles. The Bertz CT molecular complexity index is 469. The second kappa shape index (κ2) is 7.09. The average Bonchev–Trinajstić information content (AvgIpc) is 2.81. The second-order valence-electron chi connectivity index (χ2n) is 5.15. The van der Waals surface area contributed by atoms with Crippen LogP contribution in [0.4, 0.5) is 4.39 Å². The summed E-state index contributed by atoms with van der Waals surface area (Å²) < 4.78 is 18.3. The number of carbonyl (C=O) groups is 1. The maximum absolute atomic E-state index is 13.5. The van der Waals surface area contributed by atoms with Crippen LogP contribution in [0.3, 0.4) is 0 Å². The van der Waals surface area contributed by atoms with E-state index in [0.717, 1.165) is 25.4 Å². The molecule has 20 heavy (non-hydrogen) atoms. The van der Waals surface area contributed by atoms with E-state index in [1.54, 1.807) is 12.1 Å². The molecule has 0 N–H and O–H groups in total. The van der Waals surface area contributed by atoms with Gasteiger partial charge in [-0.2, -0.15) is 0 Å². The lowest BCUT2D eigenvalue weighted by molar-refractivity contribution is -0.146. The van der Waals surface area contributed by atoms with Gasteiger partial charge in [-0.25, -0.2) is 4.39 Å². The Morgan fingerprint density at radius 1 is 1.45 bits per heavy atom. The lowest BCUT2D eigenvalue weighted by Gasteiger charge is -2.15. The van der Waals surface area contributed by atoms with Crippen LogP contribution in [0.2, 0.25) is 0 Å². The summed E-state index contributed by atoms with van der Waals surface area (Å²) in [7, 11) is 1.44. The molecule has 2 rings (SSSR count). The number of nitrogens with zero attached hydrogens (tertiary/aromatic N) is 1. The summed E-state index contributed by atoms with van der Waals surface area (Å²) in [6, 6.07) is 6.82. The molecular weight excluding hydrogens is 277 g/mol. The van der Waals surface area contributed by atoms with Gasteiger partial charge in [0.25, 0.3) is 0 Å². The van der Waals surface area contributed by atoms with Gasteiger partial charge in [-0.1, -0.05) is 19.1 Å². The molecule has 0 radical (unpaired) electrons. The smallest absolute Gasteiger partial charge is 0.310 e. The number of benzene rings is 1. The van der Waals surface area contributed by atoms with E-state index in [4.69, 9.17) is 4.74 Å². The zero-order chi connectivity index (χ0) is 14.5. The van der Waals surface area contributed by atoms with Gasteiger partial charge in [0.15, 0.2) is 0 Å². The van der Waals surface area contributed by atoms with Crippen molar-refractivity contribution in [2.45, 2.75) is 11.8 Å². The minimum atomic E-state index is -0.167. The van der Waals surface area contributed by atoms with Crippen molar-refractivity contribution in [1.29, 1.82) is 0 Å². The molecule has 0 bridgehead atoms. The predicted molar refractivity (Wildman–Crippen MR) is 78.2 cm³/mol. The summed E-state index contributed by atoms with van der Waals surface area (Å²) in [5.74, 6) is 0.822. The first kappa shape index (κ1) is 15.3. The van der Waals surface area contributed by atoms with Crippen LogP contribution >= 0.6 is 11.8 Å². The highest BCUT2D eigenvalue weighted by Crippen LogP contribution is 2.26. The molecule has 5 heteroatoms. The molecule has 0 spiro atoms. The van der Waals surface area contributed by atoms with Crippen LogP contribution in [0, 0.1) is 17.7 Å². The Labute approximate surface area is 123 Å². The van der Waals surface area contributed by atoms with Crippen molar-refractivity contribution in [3.8, 4) is 0 Å². The van der Waals surface area contributed by atoms with Gasteiger partial charge in [0, 0.05) is 30.3 Å². The zero-order valence-corrected chi connectivity index (χ0v) is 12.7. The minimum Gasteiger partial charge on any atom is -0.469 e. The first-order valence-corrected chi connectivity index (χ1v) is 7.78. The normalized spacial score (nSPS) is 22.9. The molecule has 1 aliphatic heterocycles. The summed E-state index contributed by atoms with van der Waals surface area (Å²) in [5, 5.41) is 0. The van der Waals surface area contributed by atoms with Crippen molar-refractivity contribution in [3.63, 3.8) is 0 Å². The number of hydrogen-bond donors (Lipinski definition) is 0. The van der Waals surface area contributed by atoms with E-state index in [0.29, 0.717) is 10.8 Å². The first-order valence-electron chi connectivity index (χ1n) is 6.79. The number of likely N-dealkylation sites (tertiary alicyclic amines) is 1. The molecule has 1 fully saturated rings. The largest absolute Gasteiger partial charge is 0.469 e. The van der Waals surface area contributed by atoms with Crippen molar-refractivity contribution >= 4 is 17.7 Å². The highest BCUT2D eigenvalue weighted by atomic mass is 32.2. The molecule has 2 atom stereocenters. The fraction of sp³-hybridized carbons (Fsp3) is 0.533. The average molecular weight is 297 g/mol. The standard InChI is InChI=1S/C15H20FNO2S/c1-11-9-17(10-12(11)15(18)19-2)7-8-20-14-6-4-3-5-13(14)16/h3-6,11-12H,7-10H2,1-2H3. The topological polar surface area (TPSA) is 29.5 Å². The number of carbonyl (C=O) groups excluding carboxylic acids is 1. The fourth-order valence-electron chi connectivity index (χ4n) is 2.55. The van der Waals surface area contributed by atoms with Gasteiger partial charge in [-0.15, -0.1) is 11.8 Å². The zero-order valence-electron chi connectivity index (χ0n) is 11.8. The number of hydrogen-bond acceptors (Lipinski definition) is 4. The van der Waals surface area contributed by atoms with Crippen LogP contribution in [0.25, 0.3) is 0 Å². The van der Waals surface area contributed by atoms with E-state index in [1.165, 1.54) is 24.9 Å². The Morgan fingerprint density at radius 2 is 2.20 bits per heavy atom. The van der Waals surface area contributed by atoms with Crippen LogP contribution < -0.4 is 0 Å². The van der Waals surface area contributed by atoms with Crippen LogP contribution in [0.1, 0.15) is 6.92 Å². The van der Waals surface area contributed by atoms with Gasteiger partial charge < -0.3 is 9.64 Å². The van der Waals surface area contributed by atoms with Crippen LogP contribution in [-0.4, -0.2) is 43.4 Å². The molecule has 0 aliphatic carbocycles. The lowest BCUT2D eigenvalue weighted by atomic mass is 9.99. The Morgan fingerprint density at radius 3 is 2.90 bits per heavy atom. The van der Waals surface area contributed by atoms with E-state index in [9.17, 15) is 9.18 Å². The van der Waals surface area contributed by atoms with Crippen molar-refractivity contribution in [1.82, 2.24) is 4.90 Å². The quantitative estimate of drug-likeness (QED) is 0.617. The van der Waals surface area contributed by atoms with Crippen molar-refractivity contribution in [3.05, 3.63) is 30.1 Å². The number of halogens is 1. The molecule has 0 saturated carbocycles. The third kappa shape index (κ3) is 3.73. The maximum Gasteiger partial charge on any atom is 0.310 e. The van der Waals surface area contributed by atoms with Gasteiger partial charge in [0.2, 0.25) is 0 Å². The van der Waals surface area contributed by atoms with Gasteiger partial charge in [0.05, 0.1) is 13.0 Å². The van der Waals surface area contributed by atoms with E-state index in [1.807, 2.05) is 6.07 Å². The van der Waals surface area contributed by atoms with Crippen molar-refractivity contribution < 1.29 is 13.9 Å². The molecule has 2 unspecified atom stereocenters. The molecule has 1 heterocycles. The summed E-state index contributed by atoms with van der Waals surface area (Å²) in [4.78, 5) is 14.5. The second-order valence-corrected chi connectivity index (χ2v) is 6.28. The van der Waals surface area contributed by atoms with Crippen LogP contribution in [0.5, 0.6) is 0 Å². The monoisotopic (exact) mass is 297 g/mol.